The van der Waals surface area contributed by atoms with E-state index in [1.807, 2.05) is 19.9 Å². The van der Waals surface area contributed by atoms with Gasteiger partial charge >= 0.3 is 0 Å². The Morgan fingerprint density at radius 1 is 1.00 bits per heavy atom. The van der Waals surface area contributed by atoms with Crippen molar-refractivity contribution in [1.82, 2.24) is 0 Å². The van der Waals surface area contributed by atoms with Crippen LogP contribution in [0.5, 0.6) is 0 Å². The van der Waals surface area contributed by atoms with Crippen molar-refractivity contribution in [2.75, 3.05) is 16.7 Å². The summed E-state index contributed by atoms with van der Waals surface area (Å²) in [7, 11) is -2.50. The number of aryl methyl sites for hydroxylation is 3. The molecule has 0 saturated carbocycles. The zero-order valence-electron chi connectivity index (χ0n) is 16.5. The molecule has 2 aromatic carbocycles. The SMILES string of the molecule is Cc1ccc(N(C)S(=O)(=O)c2ccsc2C(=O)Nc2ccc(C)c(F)c2)cc1C. The molecule has 0 radical (unpaired) electrons. The molecule has 0 aliphatic carbocycles. The molecule has 1 N–H and O–H groups in total. The Hall–Kier alpha value is -2.71. The largest absolute Gasteiger partial charge is 0.321 e. The van der Waals surface area contributed by atoms with Crippen LogP contribution in [0.1, 0.15) is 26.4 Å². The van der Waals surface area contributed by atoms with Gasteiger partial charge in [-0.15, -0.1) is 11.3 Å². The fourth-order valence-electron chi connectivity index (χ4n) is 2.73. The minimum atomic E-state index is -3.95. The highest BCUT2D eigenvalue weighted by Gasteiger charge is 2.28. The van der Waals surface area contributed by atoms with Gasteiger partial charge in [-0.1, -0.05) is 12.1 Å². The van der Waals surface area contributed by atoms with Gasteiger partial charge in [0, 0.05) is 12.7 Å². The van der Waals surface area contributed by atoms with Crippen LogP contribution in [-0.4, -0.2) is 21.4 Å². The Morgan fingerprint density at radius 3 is 2.34 bits per heavy atom. The number of benzene rings is 2. The minimum absolute atomic E-state index is 0.0432. The second kappa shape index (κ2) is 7.96. The third kappa shape index (κ3) is 4.18. The van der Waals surface area contributed by atoms with Crippen molar-refractivity contribution in [3.63, 3.8) is 0 Å². The number of thiophene rings is 1. The summed E-state index contributed by atoms with van der Waals surface area (Å²) in [5, 5.41) is 4.12. The van der Waals surface area contributed by atoms with Crippen LogP contribution in [0.15, 0.2) is 52.7 Å². The van der Waals surface area contributed by atoms with E-state index in [4.69, 9.17) is 0 Å². The monoisotopic (exact) mass is 432 g/mol. The van der Waals surface area contributed by atoms with Gasteiger partial charge in [0.05, 0.1) is 5.69 Å². The molecule has 1 amide bonds. The number of sulfonamides is 1. The fourth-order valence-corrected chi connectivity index (χ4v) is 5.21. The second-order valence-electron chi connectivity index (χ2n) is 6.77. The van der Waals surface area contributed by atoms with Gasteiger partial charge in [0.1, 0.15) is 15.6 Å². The lowest BCUT2D eigenvalue weighted by molar-refractivity contribution is 0.102. The highest BCUT2D eigenvalue weighted by Crippen LogP contribution is 2.29. The number of nitrogens with zero attached hydrogens (tertiary/aromatic N) is 1. The third-order valence-electron chi connectivity index (χ3n) is 4.76. The smallest absolute Gasteiger partial charge is 0.267 e. The fraction of sp³-hybridized carbons (Fsp3) is 0.190. The summed E-state index contributed by atoms with van der Waals surface area (Å²) < 4.78 is 41.2. The summed E-state index contributed by atoms with van der Waals surface area (Å²) in [6.45, 7) is 5.47. The first-order valence-corrected chi connectivity index (χ1v) is 11.1. The molecule has 0 aliphatic rings. The maximum Gasteiger partial charge on any atom is 0.267 e. The molecule has 152 valence electrons. The predicted molar refractivity (Wildman–Crippen MR) is 115 cm³/mol. The van der Waals surface area contributed by atoms with E-state index in [0.717, 1.165) is 26.8 Å². The van der Waals surface area contributed by atoms with Crippen molar-refractivity contribution in [1.29, 1.82) is 0 Å². The topological polar surface area (TPSA) is 66.5 Å². The Bertz CT molecular complexity index is 1190. The number of carbonyl (C=O) groups excluding carboxylic acids is 1. The van der Waals surface area contributed by atoms with E-state index in [0.29, 0.717) is 11.3 Å². The average Bonchev–Trinajstić information content (AvgIpc) is 3.17. The molecule has 0 bridgehead atoms. The predicted octanol–water partition coefficient (Wildman–Crippen LogP) is 4.89. The maximum absolute atomic E-state index is 13.7. The van der Waals surface area contributed by atoms with Crippen molar-refractivity contribution in [2.45, 2.75) is 25.7 Å². The number of rotatable bonds is 5. The van der Waals surface area contributed by atoms with Gasteiger partial charge in [-0.2, -0.15) is 0 Å². The van der Waals surface area contributed by atoms with Crippen LogP contribution in [-0.2, 0) is 10.0 Å². The molecule has 1 aromatic heterocycles. The van der Waals surface area contributed by atoms with Crippen molar-refractivity contribution in [3.05, 3.63) is 75.2 Å². The van der Waals surface area contributed by atoms with E-state index in [9.17, 15) is 17.6 Å². The highest BCUT2D eigenvalue weighted by molar-refractivity contribution is 7.93. The van der Waals surface area contributed by atoms with E-state index in [-0.39, 0.29) is 15.5 Å². The van der Waals surface area contributed by atoms with Gasteiger partial charge in [0.25, 0.3) is 15.9 Å². The lowest BCUT2D eigenvalue weighted by Crippen LogP contribution is -2.28. The van der Waals surface area contributed by atoms with Gasteiger partial charge in [-0.25, -0.2) is 12.8 Å². The van der Waals surface area contributed by atoms with Crippen LogP contribution in [0.2, 0.25) is 0 Å². The Balaban J connectivity index is 1.92. The number of hydrogen-bond donors (Lipinski definition) is 1. The van der Waals surface area contributed by atoms with E-state index in [2.05, 4.69) is 5.32 Å². The molecular formula is C21H21FN2O3S2. The molecule has 0 atom stereocenters. The van der Waals surface area contributed by atoms with E-state index >= 15 is 0 Å². The first-order chi connectivity index (χ1) is 13.6. The molecule has 3 rings (SSSR count). The number of halogens is 1. The van der Waals surface area contributed by atoms with Crippen molar-refractivity contribution >= 4 is 38.6 Å². The van der Waals surface area contributed by atoms with Crippen LogP contribution >= 0.6 is 11.3 Å². The zero-order chi connectivity index (χ0) is 21.3. The molecule has 5 nitrogen and oxygen atoms in total. The summed E-state index contributed by atoms with van der Waals surface area (Å²) in [6, 6.07) is 11.1. The number of carbonyl (C=O) groups is 1. The number of anilines is 2. The molecule has 0 fully saturated rings. The lowest BCUT2D eigenvalue weighted by Gasteiger charge is -2.20. The van der Waals surface area contributed by atoms with E-state index in [1.165, 1.54) is 19.2 Å². The average molecular weight is 433 g/mol. The standard InChI is InChI=1S/C21H21FN2O3S2/c1-13-6-8-17(11-15(13)3)24(4)29(26,27)19-9-10-28-20(19)21(25)23-16-7-5-14(2)18(22)12-16/h5-12H,1-4H3,(H,23,25). The molecule has 3 aromatic rings. The summed E-state index contributed by atoms with van der Waals surface area (Å²) >= 11 is 1.02. The zero-order valence-corrected chi connectivity index (χ0v) is 18.1. The summed E-state index contributed by atoms with van der Waals surface area (Å²) in [4.78, 5) is 12.6. The van der Waals surface area contributed by atoms with Crippen LogP contribution in [0.4, 0.5) is 15.8 Å². The molecule has 0 unspecified atom stereocenters. The van der Waals surface area contributed by atoms with E-state index in [1.54, 1.807) is 36.6 Å². The van der Waals surface area contributed by atoms with Crippen LogP contribution < -0.4 is 9.62 Å². The number of nitrogens with one attached hydrogen (secondary N) is 1. The Kier molecular flexibility index (Phi) is 5.77. The van der Waals surface area contributed by atoms with Crippen LogP contribution in [0.3, 0.4) is 0 Å². The van der Waals surface area contributed by atoms with Gasteiger partial charge in [-0.3, -0.25) is 9.10 Å². The minimum Gasteiger partial charge on any atom is -0.321 e. The van der Waals surface area contributed by atoms with Crippen LogP contribution in [0, 0.1) is 26.6 Å². The molecular weight excluding hydrogens is 411 g/mol. The molecule has 1 heterocycles. The summed E-state index contributed by atoms with van der Waals surface area (Å²) in [6.07, 6.45) is 0. The quantitative estimate of drug-likeness (QED) is 0.624. The molecule has 8 heteroatoms. The van der Waals surface area contributed by atoms with Crippen LogP contribution in [0.25, 0.3) is 0 Å². The van der Waals surface area contributed by atoms with Crippen molar-refractivity contribution in [3.8, 4) is 0 Å². The van der Waals surface area contributed by atoms with Crippen molar-refractivity contribution in [2.24, 2.45) is 0 Å². The summed E-state index contributed by atoms with van der Waals surface area (Å²) in [5.74, 6) is -1.05. The highest BCUT2D eigenvalue weighted by atomic mass is 32.2. The van der Waals surface area contributed by atoms with E-state index < -0.39 is 21.7 Å². The maximum atomic E-state index is 13.7. The molecule has 0 saturated heterocycles. The normalized spacial score (nSPS) is 11.3. The third-order valence-corrected chi connectivity index (χ3v) is 7.63. The number of hydrogen-bond acceptors (Lipinski definition) is 4. The lowest BCUT2D eigenvalue weighted by atomic mass is 10.1. The van der Waals surface area contributed by atoms with Gasteiger partial charge < -0.3 is 5.32 Å². The molecule has 0 spiro atoms. The Labute approximate surface area is 173 Å². The molecule has 29 heavy (non-hydrogen) atoms. The van der Waals surface area contributed by atoms with Crippen molar-refractivity contribution < 1.29 is 17.6 Å². The second-order valence-corrected chi connectivity index (χ2v) is 9.63. The van der Waals surface area contributed by atoms with Gasteiger partial charge in [0.15, 0.2) is 0 Å². The first kappa shape index (κ1) is 21.0. The summed E-state index contributed by atoms with van der Waals surface area (Å²) in [5.41, 5.74) is 3.25. The number of amides is 1. The first-order valence-electron chi connectivity index (χ1n) is 8.82. The Morgan fingerprint density at radius 2 is 1.69 bits per heavy atom. The van der Waals surface area contributed by atoms with Gasteiger partial charge in [-0.05, 0) is 73.2 Å². The van der Waals surface area contributed by atoms with Gasteiger partial charge in [0.2, 0.25) is 0 Å². The molecule has 0 aliphatic heterocycles.